The van der Waals surface area contributed by atoms with E-state index >= 15 is 0 Å². The molecule has 0 atom stereocenters. The van der Waals surface area contributed by atoms with Crippen LogP contribution in [0.4, 0.5) is 0 Å². The van der Waals surface area contributed by atoms with Crippen LogP contribution in [0, 0.1) is 0 Å². The van der Waals surface area contributed by atoms with Crippen LogP contribution in [0.15, 0.2) is 84.9 Å². The summed E-state index contributed by atoms with van der Waals surface area (Å²) in [6.45, 7) is 1.66. The molecule has 0 saturated carbocycles. The first-order valence-corrected chi connectivity index (χ1v) is 11.2. The molecule has 0 aliphatic rings. The van der Waals surface area contributed by atoms with Crippen molar-refractivity contribution in [2.24, 2.45) is 0 Å². The predicted octanol–water partition coefficient (Wildman–Crippen LogP) is 2.66. The van der Waals surface area contributed by atoms with Crippen LogP contribution in [0.25, 0.3) is 0 Å². The summed E-state index contributed by atoms with van der Waals surface area (Å²) in [5, 5.41) is 6.17. The second-order valence-corrected chi connectivity index (χ2v) is 10.6. The van der Waals surface area contributed by atoms with Crippen LogP contribution in [0.2, 0.25) is 0 Å². The summed E-state index contributed by atoms with van der Waals surface area (Å²) in [4.78, 5) is 24.3. The van der Waals surface area contributed by atoms with E-state index in [1.807, 2.05) is 60.7 Å². The average molecular weight is 377 g/mol. The number of carbonyl (C=O) groups is 2. The Hall–Kier alpha value is -2.77. The topological polar surface area (TPSA) is 46.2 Å². The molecule has 0 aliphatic carbocycles. The Balaban J connectivity index is 2.26. The predicted molar refractivity (Wildman–Crippen MR) is 115 cm³/mol. The van der Waals surface area contributed by atoms with Crippen LogP contribution < -0.4 is 21.2 Å². The van der Waals surface area contributed by atoms with E-state index < -0.39 is 7.26 Å². The van der Waals surface area contributed by atoms with Gasteiger partial charge in [0.15, 0.2) is 0 Å². The summed E-state index contributed by atoms with van der Waals surface area (Å²) in [6, 6.07) is 28.3. The van der Waals surface area contributed by atoms with E-state index in [1.165, 1.54) is 10.6 Å². The summed E-state index contributed by atoms with van der Waals surface area (Å²) in [7, 11) is -0.912. The Morgan fingerprint density at radius 3 is 1.59 bits per heavy atom. The van der Waals surface area contributed by atoms with Gasteiger partial charge in [-0.05, 0) is 0 Å². The molecule has 138 valence electrons. The van der Waals surface area contributed by atoms with Gasteiger partial charge in [0.25, 0.3) is 0 Å². The van der Waals surface area contributed by atoms with Crippen LogP contribution in [-0.2, 0) is 4.79 Å². The third kappa shape index (κ3) is 3.84. The number of rotatable bonds is 6. The Bertz CT molecular complexity index is 882. The Labute approximate surface area is 160 Å². The summed E-state index contributed by atoms with van der Waals surface area (Å²) < 4.78 is 0. The van der Waals surface area contributed by atoms with Crippen molar-refractivity contribution in [1.82, 2.24) is 5.32 Å². The molecule has 0 spiro atoms. The SMILES string of the molecule is CNC(=O)c1ccc([PH](CC(C)=O)(c2ccccc2)c2ccccc2)cc1. The number of nitrogens with one attached hydrogen (secondary N) is 1. The van der Waals surface area contributed by atoms with E-state index in [0.717, 1.165) is 5.30 Å². The summed E-state index contributed by atoms with van der Waals surface area (Å²) in [5.74, 6) is 0.0598. The quantitative estimate of drug-likeness (QED) is 0.672. The first-order valence-electron chi connectivity index (χ1n) is 9.01. The molecule has 1 amide bonds. The molecule has 3 rings (SSSR count). The van der Waals surface area contributed by atoms with Gasteiger partial charge >= 0.3 is 160 Å². The van der Waals surface area contributed by atoms with Crippen molar-refractivity contribution >= 4 is 34.9 Å². The molecule has 0 radical (unpaired) electrons. The molecule has 3 aromatic carbocycles. The van der Waals surface area contributed by atoms with Gasteiger partial charge in [-0.2, -0.15) is 0 Å². The maximum atomic E-state index is 12.4. The summed E-state index contributed by atoms with van der Waals surface area (Å²) in [5.41, 5.74) is 0.619. The van der Waals surface area contributed by atoms with Crippen molar-refractivity contribution in [3.05, 3.63) is 90.5 Å². The van der Waals surface area contributed by atoms with Gasteiger partial charge in [0.2, 0.25) is 0 Å². The van der Waals surface area contributed by atoms with Crippen LogP contribution in [0.1, 0.15) is 17.3 Å². The van der Waals surface area contributed by atoms with E-state index in [-0.39, 0.29) is 11.7 Å². The van der Waals surface area contributed by atoms with Gasteiger partial charge in [-0.25, -0.2) is 0 Å². The molecule has 3 aromatic rings. The van der Waals surface area contributed by atoms with Gasteiger partial charge in [-0.3, -0.25) is 0 Å². The standard InChI is InChI=1S/C23H24NO2P/c1-18(25)17-27(20-9-5-3-6-10-20,21-11-7-4-8-12-21)22-15-13-19(14-16-22)23(26)24-2/h3-16,27H,17H2,1-2H3,(H,24,26). The van der Waals surface area contributed by atoms with Crippen molar-refractivity contribution in [3.8, 4) is 0 Å². The first-order chi connectivity index (χ1) is 13.1. The molecule has 0 fully saturated rings. The molecule has 1 N–H and O–H groups in total. The van der Waals surface area contributed by atoms with E-state index in [1.54, 1.807) is 14.0 Å². The fourth-order valence-electron chi connectivity index (χ4n) is 3.68. The molecule has 0 aromatic heterocycles. The van der Waals surface area contributed by atoms with Crippen LogP contribution in [0.3, 0.4) is 0 Å². The van der Waals surface area contributed by atoms with Gasteiger partial charge in [0.05, 0.1) is 0 Å². The number of hydrogen-bond donors (Lipinski definition) is 1. The monoisotopic (exact) mass is 377 g/mol. The molecular weight excluding hydrogens is 353 g/mol. The number of benzene rings is 3. The number of carbonyl (C=O) groups excluding carboxylic acids is 2. The molecule has 0 aliphatic heterocycles. The van der Waals surface area contributed by atoms with E-state index in [2.05, 4.69) is 29.6 Å². The van der Waals surface area contributed by atoms with Crippen molar-refractivity contribution in [2.75, 3.05) is 13.2 Å². The Morgan fingerprint density at radius 2 is 1.19 bits per heavy atom. The molecule has 0 heterocycles. The molecule has 4 heteroatoms. The summed E-state index contributed by atoms with van der Waals surface area (Å²) >= 11 is 0. The van der Waals surface area contributed by atoms with Gasteiger partial charge in [-0.1, -0.05) is 0 Å². The van der Waals surface area contributed by atoms with E-state index in [0.29, 0.717) is 11.7 Å². The molecule has 3 nitrogen and oxygen atoms in total. The van der Waals surface area contributed by atoms with Crippen molar-refractivity contribution < 1.29 is 9.59 Å². The number of hydrogen-bond acceptors (Lipinski definition) is 2. The first kappa shape index (κ1) is 19.0. The minimum atomic E-state index is -2.54. The molecule has 0 unspecified atom stereocenters. The van der Waals surface area contributed by atoms with Crippen molar-refractivity contribution in [2.45, 2.75) is 6.92 Å². The second kappa shape index (κ2) is 8.28. The minimum absolute atomic E-state index is 0.111. The van der Waals surface area contributed by atoms with E-state index in [4.69, 9.17) is 0 Å². The fourth-order valence-corrected chi connectivity index (χ4v) is 8.29. The second-order valence-electron chi connectivity index (χ2n) is 6.67. The van der Waals surface area contributed by atoms with E-state index in [9.17, 15) is 9.59 Å². The zero-order chi connectivity index (χ0) is 19.3. The molecule has 27 heavy (non-hydrogen) atoms. The molecule has 0 bridgehead atoms. The van der Waals surface area contributed by atoms with Gasteiger partial charge < -0.3 is 0 Å². The average Bonchev–Trinajstić information content (AvgIpc) is 2.72. The van der Waals surface area contributed by atoms with Gasteiger partial charge in [0, 0.05) is 0 Å². The van der Waals surface area contributed by atoms with Crippen LogP contribution >= 0.6 is 7.26 Å². The third-order valence-corrected chi connectivity index (χ3v) is 9.90. The fraction of sp³-hybridized carbons (Fsp3) is 0.130. The number of ketones is 1. The Morgan fingerprint density at radius 1 is 0.741 bits per heavy atom. The molecular formula is C23H24NO2P. The van der Waals surface area contributed by atoms with Gasteiger partial charge in [-0.15, -0.1) is 0 Å². The number of Topliss-reactive ketones (excluding diaryl/α,β-unsaturated/α-hetero) is 1. The van der Waals surface area contributed by atoms with Crippen LogP contribution in [-0.4, -0.2) is 24.9 Å². The van der Waals surface area contributed by atoms with Crippen molar-refractivity contribution in [1.29, 1.82) is 0 Å². The number of amides is 1. The van der Waals surface area contributed by atoms with Gasteiger partial charge in [0.1, 0.15) is 0 Å². The van der Waals surface area contributed by atoms with Crippen molar-refractivity contribution in [3.63, 3.8) is 0 Å². The Kier molecular flexibility index (Phi) is 5.83. The summed E-state index contributed by atoms with van der Waals surface area (Å²) in [6.07, 6.45) is 0.486. The van der Waals surface area contributed by atoms with Crippen LogP contribution in [0.5, 0.6) is 0 Å². The molecule has 0 saturated heterocycles. The third-order valence-electron chi connectivity index (χ3n) is 4.91. The zero-order valence-corrected chi connectivity index (χ0v) is 16.6. The normalized spacial score (nSPS) is 11.6. The maximum absolute atomic E-state index is 12.4. The zero-order valence-electron chi connectivity index (χ0n) is 15.6.